The maximum Gasteiger partial charge on any atom is 0.128 e. The number of nitrogens with zero attached hydrogens (tertiary/aromatic N) is 2. The van der Waals surface area contributed by atoms with E-state index in [0.29, 0.717) is 0 Å². The van der Waals surface area contributed by atoms with Crippen LogP contribution in [0.25, 0.3) is 0 Å². The van der Waals surface area contributed by atoms with Gasteiger partial charge in [-0.15, -0.1) is 0 Å². The molecule has 0 N–H and O–H groups in total. The van der Waals surface area contributed by atoms with Crippen molar-refractivity contribution in [3.05, 3.63) is 24.4 Å². The average molecular weight is 202 g/mol. The van der Waals surface area contributed by atoms with Gasteiger partial charge in [0.1, 0.15) is 5.82 Å². The highest BCUT2D eigenvalue weighted by atomic mass is 15.2. The van der Waals surface area contributed by atoms with Crippen molar-refractivity contribution in [2.24, 2.45) is 5.92 Å². The zero-order valence-corrected chi connectivity index (χ0v) is 9.10. The Morgan fingerprint density at radius 3 is 2.93 bits per heavy atom. The van der Waals surface area contributed by atoms with E-state index in [2.05, 4.69) is 22.0 Å². The Bertz CT molecular complexity index is 323. The first kappa shape index (κ1) is 9.20. The number of hydrogen-bond acceptors (Lipinski definition) is 2. The molecule has 2 heterocycles. The van der Waals surface area contributed by atoms with Gasteiger partial charge in [-0.2, -0.15) is 0 Å². The number of hydrogen-bond donors (Lipinski definition) is 0. The lowest BCUT2D eigenvalue weighted by Crippen LogP contribution is -2.35. The topological polar surface area (TPSA) is 16.1 Å². The second-order valence-electron chi connectivity index (χ2n) is 4.78. The Labute approximate surface area is 91.3 Å². The molecule has 1 aromatic heterocycles. The molecule has 0 spiro atoms. The lowest BCUT2D eigenvalue weighted by atomic mass is 9.85. The van der Waals surface area contributed by atoms with Crippen molar-refractivity contribution in [2.75, 3.05) is 11.4 Å². The van der Waals surface area contributed by atoms with Gasteiger partial charge in [-0.25, -0.2) is 4.98 Å². The molecule has 1 aliphatic carbocycles. The van der Waals surface area contributed by atoms with Crippen LogP contribution in [0.3, 0.4) is 0 Å². The lowest BCUT2D eigenvalue weighted by molar-refractivity contribution is 0.341. The molecule has 0 unspecified atom stereocenters. The quantitative estimate of drug-likeness (QED) is 0.696. The Balaban J connectivity index is 1.82. The van der Waals surface area contributed by atoms with E-state index >= 15 is 0 Å². The van der Waals surface area contributed by atoms with E-state index in [1.165, 1.54) is 44.5 Å². The van der Waals surface area contributed by atoms with Crippen LogP contribution in [0.1, 0.15) is 32.1 Å². The van der Waals surface area contributed by atoms with E-state index in [1.54, 1.807) is 0 Å². The molecule has 1 aliphatic heterocycles. The summed E-state index contributed by atoms with van der Waals surface area (Å²) in [5.41, 5.74) is 0. The van der Waals surface area contributed by atoms with E-state index < -0.39 is 0 Å². The minimum atomic E-state index is 0.786. The van der Waals surface area contributed by atoms with Gasteiger partial charge in [-0.05, 0) is 37.3 Å². The molecule has 2 heteroatoms. The predicted octanol–water partition coefficient (Wildman–Crippen LogP) is 2.85. The minimum absolute atomic E-state index is 0.786. The van der Waals surface area contributed by atoms with Crippen molar-refractivity contribution >= 4 is 5.82 Å². The van der Waals surface area contributed by atoms with Gasteiger partial charge < -0.3 is 4.90 Å². The first-order valence-corrected chi connectivity index (χ1v) is 6.13. The Morgan fingerprint density at radius 1 is 1.13 bits per heavy atom. The second-order valence-corrected chi connectivity index (χ2v) is 4.78. The monoisotopic (exact) mass is 202 g/mol. The Hall–Kier alpha value is -1.05. The summed E-state index contributed by atoms with van der Waals surface area (Å²) in [7, 11) is 0. The largest absolute Gasteiger partial charge is 0.353 e. The molecule has 15 heavy (non-hydrogen) atoms. The highest BCUT2D eigenvalue weighted by molar-refractivity contribution is 5.41. The fraction of sp³-hybridized carbons (Fsp3) is 0.615. The van der Waals surface area contributed by atoms with Crippen LogP contribution in [0.15, 0.2) is 24.4 Å². The molecule has 3 rings (SSSR count). The summed E-state index contributed by atoms with van der Waals surface area (Å²) in [6.07, 6.45) is 8.95. The van der Waals surface area contributed by atoms with Gasteiger partial charge in [0.15, 0.2) is 0 Å². The van der Waals surface area contributed by atoms with Gasteiger partial charge in [-0.3, -0.25) is 0 Å². The maximum atomic E-state index is 4.48. The smallest absolute Gasteiger partial charge is 0.128 e. The van der Waals surface area contributed by atoms with Crippen LogP contribution in [0.5, 0.6) is 0 Å². The van der Waals surface area contributed by atoms with Crippen LogP contribution in [0.2, 0.25) is 0 Å². The first-order valence-electron chi connectivity index (χ1n) is 6.13. The van der Waals surface area contributed by atoms with Gasteiger partial charge in [0.05, 0.1) is 0 Å². The number of anilines is 1. The van der Waals surface area contributed by atoms with Crippen LogP contribution in [0, 0.1) is 5.92 Å². The molecule has 80 valence electrons. The third-order valence-corrected chi connectivity index (χ3v) is 3.95. The van der Waals surface area contributed by atoms with Crippen molar-refractivity contribution in [3.8, 4) is 0 Å². The molecular weight excluding hydrogens is 184 g/mol. The van der Waals surface area contributed by atoms with Gasteiger partial charge in [0.2, 0.25) is 0 Å². The maximum absolute atomic E-state index is 4.48. The molecule has 0 bridgehead atoms. The summed E-state index contributed by atoms with van der Waals surface area (Å²) in [6, 6.07) is 7.03. The third-order valence-electron chi connectivity index (χ3n) is 3.95. The third kappa shape index (κ3) is 1.62. The standard InChI is InChI=1S/C13H18N2/c1-2-6-12-11(5-1)8-10-15(12)13-7-3-4-9-14-13/h3-4,7,9,11-12H,1-2,5-6,8,10H2/t11-,12+/m1/s1. The van der Waals surface area contributed by atoms with Crippen molar-refractivity contribution in [1.82, 2.24) is 4.98 Å². The van der Waals surface area contributed by atoms with Crippen LogP contribution in [0.4, 0.5) is 5.82 Å². The zero-order chi connectivity index (χ0) is 10.1. The molecule has 0 amide bonds. The molecule has 2 nitrogen and oxygen atoms in total. The van der Waals surface area contributed by atoms with E-state index in [-0.39, 0.29) is 0 Å². The fourth-order valence-corrected chi connectivity index (χ4v) is 3.21. The summed E-state index contributed by atoms with van der Waals surface area (Å²) in [4.78, 5) is 7.01. The van der Waals surface area contributed by atoms with Gasteiger partial charge in [0.25, 0.3) is 0 Å². The normalized spacial score (nSPS) is 30.3. The summed E-state index contributed by atoms with van der Waals surface area (Å²) in [6.45, 7) is 1.21. The highest BCUT2D eigenvalue weighted by Gasteiger charge is 2.35. The van der Waals surface area contributed by atoms with E-state index in [4.69, 9.17) is 0 Å². The summed E-state index contributed by atoms with van der Waals surface area (Å²) < 4.78 is 0. The molecule has 0 aromatic carbocycles. The van der Waals surface area contributed by atoms with Crippen molar-refractivity contribution in [1.29, 1.82) is 0 Å². The molecule has 1 saturated carbocycles. The molecule has 2 aliphatic rings. The van der Waals surface area contributed by atoms with Crippen LogP contribution in [-0.2, 0) is 0 Å². The second kappa shape index (κ2) is 3.84. The van der Waals surface area contributed by atoms with E-state index in [9.17, 15) is 0 Å². The van der Waals surface area contributed by atoms with E-state index in [1.807, 2.05) is 12.3 Å². The Kier molecular flexibility index (Phi) is 2.35. The van der Waals surface area contributed by atoms with Crippen LogP contribution >= 0.6 is 0 Å². The molecule has 1 aromatic rings. The highest BCUT2D eigenvalue weighted by Crippen LogP contribution is 2.37. The number of fused-ring (bicyclic) bond motifs is 1. The van der Waals surface area contributed by atoms with Gasteiger partial charge in [0, 0.05) is 18.8 Å². The molecule has 0 radical (unpaired) electrons. The molecular formula is C13H18N2. The van der Waals surface area contributed by atoms with Crippen molar-refractivity contribution < 1.29 is 0 Å². The number of aromatic nitrogens is 1. The SMILES string of the molecule is c1ccc(N2CC[C@H]3CCCC[C@@H]32)nc1. The average Bonchev–Trinajstić information content (AvgIpc) is 2.74. The lowest BCUT2D eigenvalue weighted by Gasteiger charge is -2.32. The van der Waals surface area contributed by atoms with Crippen LogP contribution in [-0.4, -0.2) is 17.6 Å². The zero-order valence-electron chi connectivity index (χ0n) is 9.10. The molecule has 2 fully saturated rings. The summed E-state index contributed by atoms with van der Waals surface area (Å²) >= 11 is 0. The molecule has 2 atom stereocenters. The summed E-state index contributed by atoms with van der Waals surface area (Å²) in [5.74, 6) is 2.13. The number of pyridine rings is 1. The van der Waals surface area contributed by atoms with Crippen molar-refractivity contribution in [3.63, 3.8) is 0 Å². The van der Waals surface area contributed by atoms with Gasteiger partial charge >= 0.3 is 0 Å². The fourth-order valence-electron chi connectivity index (χ4n) is 3.21. The van der Waals surface area contributed by atoms with E-state index in [0.717, 1.165) is 12.0 Å². The summed E-state index contributed by atoms with van der Waals surface area (Å²) in [5, 5.41) is 0. The van der Waals surface area contributed by atoms with Gasteiger partial charge in [-0.1, -0.05) is 18.9 Å². The predicted molar refractivity (Wildman–Crippen MR) is 61.9 cm³/mol. The van der Waals surface area contributed by atoms with Crippen molar-refractivity contribution in [2.45, 2.75) is 38.1 Å². The number of rotatable bonds is 1. The minimum Gasteiger partial charge on any atom is -0.353 e. The van der Waals surface area contributed by atoms with Crippen LogP contribution < -0.4 is 4.90 Å². The Morgan fingerprint density at radius 2 is 2.07 bits per heavy atom. The first-order chi connectivity index (χ1) is 7.45. The molecule has 1 saturated heterocycles.